The molecule has 5 heteroatoms. The smallest absolute Gasteiger partial charge is 0.328 e. The van der Waals surface area contributed by atoms with E-state index >= 15 is 0 Å². The first-order chi connectivity index (χ1) is 9.15. The predicted molar refractivity (Wildman–Crippen MR) is 76.3 cm³/mol. The molecule has 0 bridgehead atoms. The van der Waals surface area contributed by atoms with Crippen molar-refractivity contribution in [1.29, 1.82) is 0 Å². The number of nitrogens with one attached hydrogen (secondary N) is 1. The molecule has 1 atom stereocenters. The normalized spacial score (nSPS) is 11.9. The monoisotopic (exact) mass is 283 g/mol. The van der Waals surface area contributed by atoms with E-state index in [-0.39, 0.29) is 11.9 Å². The van der Waals surface area contributed by atoms with Crippen molar-refractivity contribution >= 4 is 23.2 Å². The van der Waals surface area contributed by atoms with Gasteiger partial charge >= 0.3 is 5.97 Å². The Balaban J connectivity index is 2.23. The lowest BCUT2D eigenvalue weighted by molar-refractivity contribution is -0.145. The maximum atomic E-state index is 11.7. The third-order valence-electron chi connectivity index (χ3n) is 2.69. The summed E-state index contributed by atoms with van der Waals surface area (Å²) in [6.45, 7) is 4.20. The fourth-order valence-corrected chi connectivity index (χ4v) is 2.19. The standard InChI is InChI=1S/C14H21NO3S/c1-3-4-5-6-9-18-14(17)11(2)15-13(16)12-8-7-10-19-12/h7-8,10-11H,3-6,9H2,1-2H3,(H,15,16). The summed E-state index contributed by atoms with van der Waals surface area (Å²) in [4.78, 5) is 24.0. The molecular formula is C14H21NO3S. The second kappa shape index (κ2) is 8.69. The van der Waals surface area contributed by atoms with Gasteiger partial charge in [0.15, 0.2) is 0 Å². The Morgan fingerprint density at radius 2 is 2.16 bits per heavy atom. The van der Waals surface area contributed by atoms with Crippen LogP contribution >= 0.6 is 11.3 Å². The summed E-state index contributed by atoms with van der Waals surface area (Å²) in [6, 6.07) is 2.92. The van der Waals surface area contributed by atoms with Crippen LogP contribution in [0.15, 0.2) is 17.5 Å². The maximum Gasteiger partial charge on any atom is 0.328 e. The van der Waals surface area contributed by atoms with Crippen molar-refractivity contribution in [2.75, 3.05) is 6.61 Å². The first-order valence-corrected chi connectivity index (χ1v) is 7.54. The van der Waals surface area contributed by atoms with Crippen molar-refractivity contribution in [3.8, 4) is 0 Å². The Morgan fingerprint density at radius 1 is 1.37 bits per heavy atom. The average molecular weight is 283 g/mol. The molecule has 1 unspecified atom stereocenters. The van der Waals surface area contributed by atoms with Crippen molar-refractivity contribution in [2.24, 2.45) is 0 Å². The van der Waals surface area contributed by atoms with Crippen molar-refractivity contribution in [2.45, 2.75) is 45.6 Å². The van der Waals surface area contributed by atoms with Crippen LogP contribution in [0.25, 0.3) is 0 Å². The highest BCUT2D eigenvalue weighted by Gasteiger charge is 2.18. The van der Waals surface area contributed by atoms with Crippen molar-refractivity contribution in [3.05, 3.63) is 22.4 Å². The van der Waals surface area contributed by atoms with Crippen LogP contribution in [0.3, 0.4) is 0 Å². The Morgan fingerprint density at radius 3 is 2.79 bits per heavy atom. The van der Waals surface area contributed by atoms with Gasteiger partial charge in [0.1, 0.15) is 6.04 Å². The highest BCUT2D eigenvalue weighted by molar-refractivity contribution is 7.12. The topological polar surface area (TPSA) is 55.4 Å². The zero-order valence-electron chi connectivity index (χ0n) is 11.5. The summed E-state index contributed by atoms with van der Waals surface area (Å²) in [5.74, 6) is -0.605. The van der Waals surface area contributed by atoms with Crippen LogP contribution in [0.4, 0.5) is 0 Å². The predicted octanol–water partition coefficient (Wildman–Crippen LogP) is 2.99. The number of carbonyl (C=O) groups is 2. The van der Waals surface area contributed by atoms with Crippen molar-refractivity contribution in [3.63, 3.8) is 0 Å². The molecule has 1 heterocycles. The number of amides is 1. The number of unbranched alkanes of at least 4 members (excludes halogenated alkanes) is 3. The molecule has 1 N–H and O–H groups in total. The first kappa shape index (κ1) is 15.7. The van der Waals surface area contributed by atoms with Crippen molar-refractivity contribution < 1.29 is 14.3 Å². The lowest BCUT2D eigenvalue weighted by Gasteiger charge is -2.12. The molecule has 0 spiro atoms. The van der Waals surface area contributed by atoms with Gasteiger partial charge in [-0.25, -0.2) is 4.79 Å². The molecule has 1 amide bonds. The number of esters is 1. The van der Waals surface area contributed by atoms with Gasteiger partial charge in [-0.15, -0.1) is 11.3 Å². The Bertz CT molecular complexity index is 389. The van der Waals surface area contributed by atoms with E-state index in [9.17, 15) is 9.59 Å². The quantitative estimate of drug-likeness (QED) is 0.589. The summed E-state index contributed by atoms with van der Waals surface area (Å²) in [5, 5.41) is 4.46. The Hall–Kier alpha value is -1.36. The second-order valence-corrected chi connectivity index (χ2v) is 5.35. The van der Waals surface area contributed by atoms with E-state index < -0.39 is 6.04 Å². The highest BCUT2D eigenvalue weighted by Crippen LogP contribution is 2.08. The van der Waals surface area contributed by atoms with Crippen LogP contribution in [0, 0.1) is 0 Å². The van der Waals surface area contributed by atoms with Crippen LogP contribution in [0.5, 0.6) is 0 Å². The highest BCUT2D eigenvalue weighted by atomic mass is 32.1. The minimum absolute atomic E-state index is 0.231. The van der Waals surface area contributed by atoms with E-state index in [1.54, 1.807) is 19.1 Å². The SMILES string of the molecule is CCCCCCOC(=O)C(C)NC(=O)c1cccs1. The van der Waals surface area contributed by atoms with E-state index in [0.29, 0.717) is 11.5 Å². The third-order valence-corrected chi connectivity index (χ3v) is 3.56. The molecule has 19 heavy (non-hydrogen) atoms. The number of hydrogen-bond donors (Lipinski definition) is 1. The Kier molecular flexibility index (Phi) is 7.18. The average Bonchev–Trinajstić information content (AvgIpc) is 2.92. The molecule has 1 aromatic rings. The fourth-order valence-electron chi connectivity index (χ4n) is 1.56. The van der Waals surface area contributed by atoms with E-state index in [1.165, 1.54) is 11.3 Å². The molecule has 0 saturated heterocycles. The van der Waals surface area contributed by atoms with Gasteiger partial charge in [-0.05, 0) is 24.8 Å². The summed E-state index contributed by atoms with van der Waals surface area (Å²) >= 11 is 1.35. The van der Waals surface area contributed by atoms with Crippen molar-refractivity contribution in [1.82, 2.24) is 5.32 Å². The minimum Gasteiger partial charge on any atom is -0.464 e. The molecule has 0 saturated carbocycles. The van der Waals surface area contributed by atoms with Gasteiger partial charge in [-0.2, -0.15) is 0 Å². The Labute approximate surface area is 118 Å². The largest absolute Gasteiger partial charge is 0.464 e. The molecule has 106 valence electrons. The van der Waals surface area contributed by atoms with Crippen LogP contribution in [-0.2, 0) is 9.53 Å². The van der Waals surface area contributed by atoms with E-state index in [0.717, 1.165) is 25.7 Å². The van der Waals surface area contributed by atoms with Gasteiger partial charge in [0.25, 0.3) is 5.91 Å². The summed E-state index contributed by atoms with van der Waals surface area (Å²) in [6.07, 6.45) is 4.26. The number of rotatable bonds is 8. The van der Waals surface area contributed by atoms with Crippen LogP contribution < -0.4 is 5.32 Å². The summed E-state index contributed by atoms with van der Waals surface area (Å²) < 4.78 is 5.12. The maximum absolute atomic E-state index is 11.7. The zero-order valence-corrected chi connectivity index (χ0v) is 12.3. The van der Waals surface area contributed by atoms with Gasteiger partial charge in [-0.1, -0.05) is 32.3 Å². The van der Waals surface area contributed by atoms with Crippen LogP contribution in [0.1, 0.15) is 49.2 Å². The summed E-state index contributed by atoms with van der Waals surface area (Å²) in [7, 11) is 0. The molecule has 4 nitrogen and oxygen atoms in total. The van der Waals surface area contributed by atoms with Gasteiger partial charge in [0, 0.05) is 0 Å². The molecule has 0 aliphatic carbocycles. The number of thiophene rings is 1. The third kappa shape index (κ3) is 5.87. The molecule has 0 aliphatic rings. The number of hydrogen-bond acceptors (Lipinski definition) is 4. The molecule has 0 fully saturated rings. The van der Waals surface area contributed by atoms with Crippen LogP contribution in [-0.4, -0.2) is 24.5 Å². The summed E-state index contributed by atoms with van der Waals surface area (Å²) in [5.41, 5.74) is 0. The molecule has 1 aromatic heterocycles. The number of carbonyl (C=O) groups excluding carboxylic acids is 2. The molecule has 0 aliphatic heterocycles. The van der Waals surface area contributed by atoms with Gasteiger partial charge in [0.2, 0.25) is 0 Å². The van der Waals surface area contributed by atoms with Crippen LogP contribution in [0.2, 0.25) is 0 Å². The van der Waals surface area contributed by atoms with Gasteiger partial charge in [-0.3, -0.25) is 4.79 Å². The molecule has 0 radical (unpaired) electrons. The van der Waals surface area contributed by atoms with E-state index in [2.05, 4.69) is 12.2 Å². The molecule has 0 aromatic carbocycles. The number of ether oxygens (including phenoxy) is 1. The van der Waals surface area contributed by atoms with Gasteiger partial charge in [0.05, 0.1) is 11.5 Å². The van der Waals surface area contributed by atoms with Gasteiger partial charge < -0.3 is 10.1 Å². The molecular weight excluding hydrogens is 262 g/mol. The lowest BCUT2D eigenvalue weighted by atomic mass is 10.2. The van der Waals surface area contributed by atoms with E-state index in [1.807, 2.05) is 5.38 Å². The second-order valence-electron chi connectivity index (χ2n) is 4.40. The fraction of sp³-hybridized carbons (Fsp3) is 0.571. The van der Waals surface area contributed by atoms with E-state index in [4.69, 9.17) is 4.74 Å². The molecule has 1 rings (SSSR count). The first-order valence-electron chi connectivity index (χ1n) is 6.66. The minimum atomic E-state index is -0.610. The lowest BCUT2D eigenvalue weighted by Crippen LogP contribution is -2.39. The zero-order chi connectivity index (χ0) is 14.1.